The number of hydrogen-bond donors (Lipinski definition) is 2. The Bertz CT molecular complexity index is 560. The number of carbonyl (C=O) groups is 1. The molecule has 98 valence electrons. The van der Waals surface area contributed by atoms with Crippen LogP contribution in [0.5, 0.6) is 0 Å². The molecule has 19 heavy (non-hydrogen) atoms. The number of aromatic nitrogens is 1. The average Bonchev–Trinajstić information content (AvgIpc) is 2.45. The Morgan fingerprint density at radius 1 is 1.32 bits per heavy atom. The van der Waals surface area contributed by atoms with Gasteiger partial charge in [0.2, 0.25) is 0 Å². The summed E-state index contributed by atoms with van der Waals surface area (Å²) in [6.45, 7) is 0.169. The van der Waals surface area contributed by atoms with Crippen molar-refractivity contribution in [3.8, 4) is 0 Å². The Labute approximate surface area is 119 Å². The fourth-order valence-electron chi connectivity index (χ4n) is 1.63. The van der Waals surface area contributed by atoms with Crippen LogP contribution in [0.2, 0.25) is 0 Å². The van der Waals surface area contributed by atoms with Gasteiger partial charge in [-0.1, -0.05) is 30.3 Å². The Kier molecular flexibility index (Phi) is 4.65. The van der Waals surface area contributed by atoms with E-state index in [0.717, 1.165) is 5.56 Å². The van der Waals surface area contributed by atoms with Gasteiger partial charge in [0.05, 0.1) is 6.10 Å². The first-order valence-electron chi connectivity index (χ1n) is 5.79. The van der Waals surface area contributed by atoms with Crippen molar-refractivity contribution >= 4 is 21.8 Å². The van der Waals surface area contributed by atoms with E-state index in [-0.39, 0.29) is 12.5 Å². The highest BCUT2D eigenvalue weighted by Crippen LogP contribution is 2.11. The van der Waals surface area contributed by atoms with Crippen LogP contribution in [0.3, 0.4) is 0 Å². The van der Waals surface area contributed by atoms with E-state index in [9.17, 15) is 9.90 Å². The summed E-state index contributed by atoms with van der Waals surface area (Å²) in [6.07, 6.45) is 0.836. The molecule has 2 aromatic rings. The van der Waals surface area contributed by atoms with Gasteiger partial charge in [-0.25, -0.2) is 4.98 Å². The van der Waals surface area contributed by atoms with Crippen molar-refractivity contribution in [2.45, 2.75) is 6.10 Å². The summed E-state index contributed by atoms with van der Waals surface area (Å²) < 4.78 is 0.601. The number of rotatable bonds is 4. The number of aliphatic hydroxyl groups excluding tert-OH is 1. The van der Waals surface area contributed by atoms with Crippen molar-refractivity contribution in [1.29, 1.82) is 0 Å². The molecule has 1 amide bonds. The molecule has 0 aliphatic rings. The summed E-state index contributed by atoms with van der Waals surface area (Å²) in [5.41, 5.74) is 1.28. The van der Waals surface area contributed by atoms with Gasteiger partial charge in [-0.05, 0) is 33.6 Å². The molecule has 5 heteroatoms. The number of pyridine rings is 1. The van der Waals surface area contributed by atoms with Gasteiger partial charge in [0, 0.05) is 18.3 Å². The molecule has 0 spiro atoms. The Hall–Kier alpha value is -1.72. The van der Waals surface area contributed by atoms with Crippen LogP contribution in [-0.4, -0.2) is 22.5 Å². The van der Waals surface area contributed by atoms with E-state index in [2.05, 4.69) is 26.2 Å². The fourth-order valence-corrected chi connectivity index (χ4v) is 1.99. The molecular weight excluding hydrogens is 308 g/mol. The molecular formula is C14H13BrN2O2. The molecule has 0 fully saturated rings. The first kappa shape index (κ1) is 13.7. The lowest BCUT2D eigenvalue weighted by atomic mass is 10.1. The van der Waals surface area contributed by atoms with Gasteiger partial charge < -0.3 is 10.4 Å². The van der Waals surface area contributed by atoms with E-state index < -0.39 is 6.10 Å². The van der Waals surface area contributed by atoms with Crippen LogP contribution in [0.4, 0.5) is 0 Å². The minimum absolute atomic E-state index is 0.169. The SMILES string of the molecule is O=C(NCC(O)c1ccccc1)c1ccnc(Br)c1. The fraction of sp³-hybridized carbons (Fsp3) is 0.143. The maximum absolute atomic E-state index is 11.9. The predicted octanol–water partition coefficient (Wildman–Crippen LogP) is 2.31. The summed E-state index contributed by atoms with van der Waals surface area (Å²) in [7, 11) is 0. The quantitative estimate of drug-likeness (QED) is 0.850. The number of amides is 1. The van der Waals surface area contributed by atoms with Crippen molar-refractivity contribution in [3.63, 3.8) is 0 Å². The highest BCUT2D eigenvalue weighted by Gasteiger charge is 2.10. The molecule has 1 aromatic heterocycles. The number of nitrogens with one attached hydrogen (secondary N) is 1. The highest BCUT2D eigenvalue weighted by atomic mass is 79.9. The van der Waals surface area contributed by atoms with Crippen molar-refractivity contribution in [2.75, 3.05) is 6.54 Å². The van der Waals surface area contributed by atoms with Crippen LogP contribution < -0.4 is 5.32 Å². The van der Waals surface area contributed by atoms with E-state index >= 15 is 0 Å². The topological polar surface area (TPSA) is 62.2 Å². The highest BCUT2D eigenvalue weighted by molar-refractivity contribution is 9.10. The maximum atomic E-state index is 11.9. The molecule has 0 bridgehead atoms. The minimum Gasteiger partial charge on any atom is -0.387 e. The lowest BCUT2D eigenvalue weighted by molar-refractivity contribution is 0.0916. The number of hydrogen-bond acceptors (Lipinski definition) is 3. The average molecular weight is 321 g/mol. The normalized spacial score (nSPS) is 11.9. The smallest absolute Gasteiger partial charge is 0.251 e. The van der Waals surface area contributed by atoms with Crippen molar-refractivity contribution in [3.05, 3.63) is 64.4 Å². The van der Waals surface area contributed by atoms with E-state index in [0.29, 0.717) is 10.2 Å². The molecule has 1 atom stereocenters. The minimum atomic E-state index is -0.713. The van der Waals surface area contributed by atoms with E-state index in [1.165, 1.54) is 0 Å². The monoisotopic (exact) mass is 320 g/mol. The maximum Gasteiger partial charge on any atom is 0.251 e. The van der Waals surface area contributed by atoms with Crippen LogP contribution >= 0.6 is 15.9 Å². The van der Waals surface area contributed by atoms with Gasteiger partial charge in [-0.3, -0.25) is 4.79 Å². The second-order valence-electron chi connectivity index (χ2n) is 4.00. The summed E-state index contributed by atoms with van der Waals surface area (Å²) in [4.78, 5) is 15.8. The number of nitrogens with zero attached hydrogens (tertiary/aromatic N) is 1. The summed E-state index contributed by atoms with van der Waals surface area (Å²) >= 11 is 3.21. The van der Waals surface area contributed by atoms with Crippen LogP contribution in [0.1, 0.15) is 22.0 Å². The zero-order valence-electron chi connectivity index (χ0n) is 10.1. The Balaban J connectivity index is 1.94. The number of carbonyl (C=O) groups excluding carboxylic acids is 1. The van der Waals surface area contributed by atoms with E-state index in [1.807, 2.05) is 30.3 Å². The lowest BCUT2D eigenvalue weighted by Crippen LogP contribution is -2.28. The molecule has 0 saturated carbocycles. The molecule has 0 radical (unpaired) electrons. The van der Waals surface area contributed by atoms with Crippen molar-refractivity contribution < 1.29 is 9.90 Å². The lowest BCUT2D eigenvalue weighted by Gasteiger charge is -2.12. The zero-order chi connectivity index (χ0) is 13.7. The number of benzene rings is 1. The third-order valence-corrected chi connectivity index (χ3v) is 3.06. The molecule has 0 aliphatic heterocycles. The molecule has 1 unspecified atom stereocenters. The summed E-state index contributed by atoms with van der Waals surface area (Å²) in [5.74, 6) is -0.238. The van der Waals surface area contributed by atoms with Gasteiger partial charge in [-0.15, -0.1) is 0 Å². The first-order chi connectivity index (χ1) is 9.16. The second kappa shape index (κ2) is 6.45. The molecule has 2 N–H and O–H groups in total. The van der Waals surface area contributed by atoms with Gasteiger partial charge in [0.25, 0.3) is 5.91 Å². The van der Waals surface area contributed by atoms with Crippen molar-refractivity contribution in [2.24, 2.45) is 0 Å². The van der Waals surface area contributed by atoms with Crippen LogP contribution in [0.25, 0.3) is 0 Å². The second-order valence-corrected chi connectivity index (χ2v) is 4.82. The third kappa shape index (κ3) is 3.87. The zero-order valence-corrected chi connectivity index (χ0v) is 11.7. The first-order valence-corrected chi connectivity index (χ1v) is 6.59. The number of aliphatic hydroxyl groups is 1. The summed E-state index contributed by atoms with van der Waals surface area (Å²) in [5, 5.41) is 12.6. The molecule has 2 rings (SSSR count). The molecule has 1 aromatic carbocycles. The largest absolute Gasteiger partial charge is 0.387 e. The number of halogens is 1. The van der Waals surface area contributed by atoms with Gasteiger partial charge >= 0.3 is 0 Å². The molecule has 1 heterocycles. The van der Waals surface area contributed by atoms with Gasteiger partial charge in [-0.2, -0.15) is 0 Å². The van der Waals surface area contributed by atoms with Crippen LogP contribution in [0.15, 0.2) is 53.3 Å². The third-order valence-electron chi connectivity index (χ3n) is 2.63. The predicted molar refractivity (Wildman–Crippen MR) is 75.7 cm³/mol. The van der Waals surface area contributed by atoms with Crippen LogP contribution in [0, 0.1) is 0 Å². The summed E-state index contributed by atoms with van der Waals surface area (Å²) in [6, 6.07) is 12.5. The Morgan fingerprint density at radius 2 is 2.05 bits per heavy atom. The molecule has 0 aliphatic carbocycles. The standard InChI is InChI=1S/C14H13BrN2O2/c15-13-8-11(6-7-16-13)14(19)17-9-12(18)10-4-2-1-3-5-10/h1-8,12,18H,9H2,(H,17,19). The molecule has 4 nitrogen and oxygen atoms in total. The van der Waals surface area contributed by atoms with Crippen LogP contribution in [-0.2, 0) is 0 Å². The van der Waals surface area contributed by atoms with Gasteiger partial charge in [0.1, 0.15) is 4.60 Å². The Morgan fingerprint density at radius 3 is 2.74 bits per heavy atom. The van der Waals surface area contributed by atoms with Crippen molar-refractivity contribution in [1.82, 2.24) is 10.3 Å². The molecule has 0 saturated heterocycles. The van der Waals surface area contributed by atoms with E-state index in [4.69, 9.17) is 0 Å². The van der Waals surface area contributed by atoms with E-state index in [1.54, 1.807) is 18.3 Å². The van der Waals surface area contributed by atoms with Gasteiger partial charge in [0.15, 0.2) is 0 Å².